The molecule has 0 aromatic carbocycles. The van der Waals surface area contributed by atoms with E-state index < -0.39 is 0 Å². The van der Waals surface area contributed by atoms with Gasteiger partial charge in [0.15, 0.2) is 0 Å². The van der Waals surface area contributed by atoms with Crippen molar-refractivity contribution in [2.45, 2.75) is 31.9 Å². The highest BCUT2D eigenvalue weighted by Gasteiger charge is 2.23. The van der Waals surface area contributed by atoms with Gasteiger partial charge in [0.2, 0.25) is 5.91 Å². The first-order chi connectivity index (χ1) is 6.24. The lowest BCUT2D eigenvalue weighted by molar-refractivity contribution is -0.120. The summed E-state index contributed by atoms with van der Waals surface area (Å²) in [5.74, 6) is 0.0825. The summed E-state index contributed by atoms with van der Waals surface area (Å²) >= 11 is 0. The maximum atomic E-state index is 10.9. The van der Waals surface area contributed by atoms with Crippen molar-refractivity contribution in [2.75, 3.05) is 20.2 Å². The van der Waals surface area contributed by atoms with Crippen LogP contribution in [0, 0.1) is 0 Å². The van der Waals surface area contributed by atoms with E-state index in [1.54, 1.807) is 7.05 Å². The number of amides is 1. The van der Waals surface area contributed by atoms with Crippen molar-refractivity contribution in [3.05, 3.63) is 0 Å². The summed E-state index contributed by atoms with van der Waals surface area (Å²) in [5.41, 5.74) is 0. The molecule has 2 N–H and O–H groups in total. The molecule has 1 aliphatic heterocycles. The molecule has 0 bridgehead atoms. The molecule has 1 amide bonds. The average Bonchev–Trinajstić information content (AvgIpc) is 2.52. The normalized spacial score (nSPS) is 27.5. The Morgan fingerprint density at radius 3 is 2.92 bits per heavy atom. The van der Waals surface area contributed by atoms with E-state index >= 15 is 0 Å². The predicted octanol–water partition coefficient (Wildman–Crippen LogP) is -0.110. The number of hydrogen-bond donors (Lipinski definition) is 2. The first-order valence-corrected chi connectivity index (χ1v) is 4.79. The number of carbonyl (C=O) groups excluding carboxylic acids is 1. The minimum Gasteiger partial charge on any atom is -0.377 e. The molecule has 76 valence electrons. The molecule has 0 radical (unpaired) electrons. The second kappa shape index (κ2) is 5.19. The Hall–Kier alpha value is -0.610. The first-order valence-electron chi connectivity index (χ1n) is 4.79. The molecule has 2 atom stereocenters. The monoisotopic (exact) mass is 186 g/mol. The third-order valence-corrected chi connectivity index (χ3v) is 2.41. The summed E-state index contributed by atoms with van der Waals surface area (Å²) in [6.07, 6.45) is 1.87. The summed E-state index contributed by atoms with van der Waals surface area (Å²) < 4.78 is 5.39. The third-order valence-electron chi connectivity index (χ3n) is 2.41. The zero-order valence-corrected chi connectivity index (χ0v) is 8.30. The summed E-state index contributed by atoms with van der Waals surface area (Å²) in [5, 5.41) is 5.90. The molecule has 1 heterocycles. The molecule has 1 fully saturated rings. The van der Waals surface area contributed by atoms with Crippen LogP contribution in [0.25, 0.3) is 0 Å². The molecule has 2 unspecified atom stereocenters. The van der Waals surface area contributed by atoms with E-state index in [-0.39, 0.29) is 12.0 Å². The summed E-state index contributed by atoms with van der Waals surface area (Å²) in [6.45, 7) is 3.63. The molecule has 4 heteroatoms. The van der Waals surface area contributed by atoms with Gasteiger partial charge in [-0.05, 0) is 13.3 Å². The molecular formula is C9H18N2O2. The highest BCUT2D eigenvalue weighted by Crippen LogP contribution is 2.11. The van der Waals surface area contributed by atoms with Crippen LogP contribution < -0.4 is 10.6 Å². The van der Waals surface area contributed by atoms with Crippen LogP contribution in [0.2, 0.25) is 0 Å². The van der Waals surface area contributed by atoms with Crippen LogP contribution in [0.3, 0.4) is 0 Å². The number of nitrogens with one attached hydrogen (secondary N) is 2. The molecular weight excluding hydrogens is 168 g/mol. The van der Waals surface area contributed by atoms with Crippen molar-refractivity contribution in [1.82, 2.24) is 10.6 Å². The van der Waals surface area contributed by atoms with Gasteiger partial charge >= 0.3 is 0 Å². The molecule has 0 aromatic rings. The van der Waals surface area contributed by atoms with Crippen molar-refractivity contribution in [1.29, 1.82) is 0 Å². The third kappa shape index (κ3) is 3.32. The van der Waals surface area contributed by atoms with Gasteiger partial charge in [0.05, 0.1) is 6.10 Å². The van der Waals surface area contributed by atoms with Crippen LogP contribution in [0.4, 0.5) is 0 Å². The topological polar surface area (TPSA) is 50.4 Å². The number of hydrogen-bond acceptors (Lipinski definition) is 3. The number of ether oxygens (including phenoxy) is 1. The summed E-state index contributed by atoms with van der Waals surface area (Å²) in [7, 11) is 1.66. The smallest absolute Gasteiger partial charge is 0.221 e. The lowest BCUT2D eigenvalue weighted by Gasteiger charge is -2.15. The van der Waals surface area contributed by atoms with Crippen molar-refractivity contribution >= 4 is 5.91 Å². The van der Waals surface area contributed by atoms with Gasteiger partial charge in [0.25, 0.3) is 0 Å². The number of rotatable bonds is 4. The molecule has 4 nitrogen and oxygen atoms in total. The zero-order chi connectivity index (χ0) is 9.68. The largest absolute Gasteiger partial charge is 0.377 e. The second-order valence-electron chi connectivity index (χ2n) is 3.35. The molecule has 1 aliphatic rings. The van der Waals surface area contributed by atoms with Crippen molar-refractivity contribution in [3.63, 3.8) is 0 Å². The van der Waals surface area contributed by atoms with E-state index in [2.05, 4.69) is 17.6 Å². The lowest BCUT2D eigenvalue weighted by atomic mass is 10.1. The molecule has 0 aromatic heterocycles. The fourth-order valence-electron chi connectivity index (χ4n) is 1.50. The van der Waals surface area contributed by atoms with Gasteiger partial charge in [-0.2, -0.15) is 0 Å². The van der Waals surface area contributed by atoms with Gasteiger partial charge in [-0.1, -0.05) is 0 Å². The Morgan fingerprint density at radius 2 is 2.38 bits per heavy atom. The molecule has 0 saturated carbocycles. The van der Waals surface area contributed by atoms with Crippen LogP contribution in [0.1, 0.15) is 19.8 Å². The number of carbonyl (C=O) groups is 1. The van der Waals surface area contributed by atoms with Crippen molar-refractivity contribution < 1.29 is 9.53 Å². The fraction of sp³-hybridized carbons (Fsp3) is 0.889. The van der Waals surface area contributed by atoms with E-state index in [1.165, 1.54) is 0 Å². The second-order valence-corrected chi connectivity index (χ2v) is 3.35. The van der Waals surface area contributed by atoms with Crippen molar-refractivity contribution in [2.24, 2.45) is 0 Å². The van der Waals surface area contributed by atoms with Crippen LogP contribution in [0.5, 0.6) is 0 Å². The SMILES string of the molecule is CNC(=O)CCNC1CCOC1C. The molecule has 0 aliphatic carbocycles. The predicted molar refractivity (Wildman–Crippen MR) is 50.5 cm³/mol. The molecule has 0 spiro atoms. The van der Waals surface area contributed by atoms with Gasteiger partial charge < -0.3 is 15.4 Å². The fourth-order valence-corrected chi connectivity index (χ4v) is 1.50. The van der Waals surface area contributed by atoms with Gasteiger partial charge in [-0.15, -0.1) is 0 Å². The Kier molecular flexibility index (Phi) is 4.18. The van der Waals surface area contributed by atoms with Crippen molar-refractivity contribution in [3.8, 4) is 0 Å². The Bertz CT molecular complexity index is 173. The van der Waals surface area contributed by atoms with Gasteiger partial charge in [-0.25, -0.2) is 0 Å². The van der Waals surface area contributed by atoms with E-state index in [0.29, 0.717) is 12.5 Å². The van der Waals surface area contributed by atoms with Crippen LogP contribution in [-0.4, -0.2) is 38.3 Å². The lowest BCUT2D eigenvalue weighted by Crippen LogP contribution is -2.37. The summed E-state index contributed by atoms with van der Waals surface area (Å²) in [6, 6.07) is 0.421. The van der Waals surface area contributed by atoms with Gasteiger partial charge in [-0.3, -0.25) is 4.79 Å². The maximum Gasteiger partial charge on any atom is 0.221 e. The quantitative estimate of drug-likeness (QED) is 0.644. The van der Waals surface area contributed by atoms with E-state index in [0.717, 1.165) is 19.6 Å². The van der Waals surface area contributed by atoms with Gasteiger partial charge in [0.1, 0.15) is 0 Å². The molecule has 1 saturated heterocycles. The minimum atomic E-state index is 0.0825. The maximum absolute atomic E-state index is 10.9. The highest BCUT2D eigenvalue weighted by atomic mass is 16.5. The van der Waals surface area contributed by atoms with E-state index in [1.807, 2.05) is 0 Å². The van der Waals surface area contributed by atoms with E-state index in [4.69, 9.17) is 4.74 Å². The van der Waals surface area contributed by atoms with Crippen LogP contribution in [-0.2, 0) is 9.53 Å². The van der Waals surface area contributed by atoms with Crippen LogP contribution in [0.15, 0.2) is 0 Å². The van der Waals surface area contributed by atoms with Gasteiger partial charge in [0, 0.05) is 32.7 Å². The molecule has 1 rings (SSSR count). The highest BCUT2D eigenvalue weighted by molar-refractivity contribution is 5.75. The standard InChI is InChI=1S/C9H18N2O2/c1-7-8(4-6-13-7)11-5-3-9(12)10-2/h7-8,11H,3-6H2,1-2H3,(H,10,12). The molecule has 13 heavy (non-hydrogen) atoms. The Balaban J connectivity index is 2.08. The Morgan fingerprint density at radius 1 is 1.62 bits per heavy atom. The zero-order valence-electron chi connectivity index (χ0n) is 8.30. The van der Waals surface area contributed by atoms with E-state index in [9.17, 15) is 4.79 Å². The van der Waals surface area contributed by atoms with Crippen LogP contribution >= 0.6 is 0 Å². The first kappa shape index (κ1) is 10.5. The Labute approximate surface area is 79.0 Å². The minimum absolute atomic E-state index is 0.0825. The average molecular weight is 186 g/mol. The summed E-state index contributed by atoms with van der Waals surface area (Å²) in [4.78, 5) is 10.9.